The maximum atomic E-state index is 12.5. The van der Waals surface area contributed by atoms with Crippen LogP contribution in [0.15, 0.2) is 54.7 Å². The Labute approximate surface area is 163 Å². The van der Waals surface area contributed by atoms with Crippen molar-refractivity contribution in [1.29, 1.82) is 0 Å². The van der Waals surface area contributed by atoms with E-state index in [1.54, 1.807) is 12.3 Å². The summed E-state index contributed by atoms with van der Waals surface area (Å²) in [7, 11) is 0. The Morgan fingerprint density at radius 2 is 2.07 bits per heavy atom. The van der Waals surface area contributed by atoms with Gasteiger partial charge in [-0.25, -0.2) is 0 Å². The molecule has 0 aliphatic rings. The molecule has 1 aromatic heterocycles. The Morgan fingerprint density at radius 1 is 1.22 bits per heavy atom. The summed E-state index contributed by atoms with van der Waals surface area (Å²) in [6.45, 7) is 5.55. The molecule has 2 aromatic carbocycles. The molecule has 0 atom stereocenters. The zero-order valence-electron chi connectivity index (χ0n) is 15.4. The van der Waals surface area contributed by atoms with Crippen molar-refractivity contribution in [2.45, 2.75) is 33.5 Å². The Morgan fingerprint density at radius 3 is 2.89 bits per heavy atom. The largest absolute Gasteiger partial charge is 0.487 e. The molecule has 1 heterocycles. The second-order valence-electron chi connectivity index (χ2n) is 6.24. The lowest BCUT2D eigenvalue weighted by Gasteiger charge is -2.11. The quantitative estimate of drug-likeness (QED) is 0.659. The number of halogens is 1. The van der Waals surface area contributed by atoms with Crippen LogP contribution in [-0.4, -0.2) is 15.7 Å². The maximum Gasteiger partial charge on any atom is 0.251 e. The van der Waals surface area contributed by atoms with Gasteiger partial charge in [0, 0.05) is 18.3 Å². The number of nitrogens with one attached hydrogen (secondary N) is 1. The SMILES string of the molecule is CCn1nccc1CNC(=O)c1cccc(COc2cc(C)ccc2Cl)c1. The van der Waals surface area contributed by atoms with Crippen LogP contribution >= 0.6 is 11.6 Å². The van der Waals surface area contributed by atoms with E-state index < -0.39 is 0 Å². The van der Waals surface area contributed by atoms with Crippen molar-refractivity contribution in [2.24, 2.45) is 0 Å². The molecule has 0 unspecified atom stereocenters. The Balaban J connectivity index is 1.62. The molecule has 1 amide bonds. The molecule has 3 rings (SSSR count). The highest BCUT2D eigenvalue weighted by molar-refractivity contribution is 6.32. The Bertz CT molecular complexity index is 937. The summed E-state index contributed by atoms with van der Waals surface area (Å²) in [5, 5.41) is 7.71. The number of ether oxygens (including phenoxy) is 1. The second kappa shape index (κ2) is 8.73. The Kier molecular flexibility index (Phi) is 6.14. The molecule has 0 fully saturated rings. The first-order valence-electron chi connectivity index (χ1n) is 8.83. The maximum absolute atomic E-state index is 12.5. The van der Waals surface area contributed by atoms with Crippen LogP contribution in [0.25, 0.3) is 0 Å². The summed E-state index contributed by atoms with van der Waals surface area (Å²) in [6, 6.07) is 14.9. The van der Waals surface area contributed by atoms with Crippen LogP contribution < -0.4 is 10.1 Å². The molecule has 0 radical (unpaired) electrons. The van der Waals surface area contributed by atoms with Crippen molar-refractivity contribution in [3.8, 4) is 5.75 Å². The lowest BCUT2D eigenvalue weighted by atomic mass is 10.1. The smallest absolute Gasteiger partial charge is 0.251 e. The molecule has 27 heavy (non-hydrogen) atoms. The molecule has 0 aliphatic heterocycles. The lowest BCUT2D eigenvalue weighted by Crippen LogP contribution is -2.24. The zero-order valence-corrected chi connectivity index (χ0v) is 16.2. The Hall–Kier alpha value is -2.79. The molecule has 0 saturated carbocycles. The van der Waals surface area contributed by atoms with Crippen molar-refractivity contribution >= 4 is 17.5 Å². The van der Waals surface area contributed by atoms with E-state index in [0.717, 1.165) is 23.4 Å². The summed E-state index contributed by atoms with van der Waals surface area (Å²) in [6.07, 6.45) is 1.74. The van der Waals surface area contributed by atoms with Crippen LogP contribution in [-0.2, 0) is 19.7 Å². The highest BCUT2D eigenvalue weighted by Gasteiger charge is 2.09. The van der Waals surface area contributed by atoms with E-state index in [0.29, 0.717) is 29.5 Å². The van der Waals surface area contributed by atoms with E-state index in [2.05, 4.69) is 10.4 Å². The van der Waals surface area contributed by atoms with Gasteiger partial charge in [-0.3, -0.25) is 9.48 Å². The summed E-state index contributed by atoms with van der Waals surface area (Å²) < 4.78 is 7.67. The van der Waals surface area contributed by atoms with Gasteiger partial charge in [0.25, 0.3) is 5.91 Å². The topological polar surface area (TPSA) is 56.2 Å². The summed E-state index contributed by atoms with van der Waals surface area (Å²) in [5.41, 5.74) is 3.54. The van der Waals surface area contributed by atoms with Crippen LogP contribution in [0.4, 0.5) is 0 Å². The van der Waals surface area contributed by atoms with Gasteiger partial charge in [0.15, 0.2) is 0 Å². The van der Waals surface area contributed by atoms with Crippen LogP contribution in [0.3, 0.4) is 0 Å². The van der Waals surface area contributed by atoms with Gasteiger partial charge in [0.1, 0.15) is 12.4 Å². The molecule has 0 bridgehead atoms. The number of carbonyl (C=O) groups excluding carboxylic acids is 1. The van der Waals surface area contributed by atoms with Gasteiger partial charge < -0.3 is 10.1 Å². The monoisotopic (exact) mass is 383 g/mol. The second-order valence-corrected chi connectivity index (χ2v) is 6.65. The highest BCUT2D eigenvalue weighted by atomic mass is 35.5. The van der Waals surface area contributed by atoms with Gasteiger partial charge in [0.05, 0.1) is 17.3 Å². The number of hydrogen-bond acceptors (Lipinski definition) is 3. The third kappa shape index (κ3) is 4.89. The summed E-state index contributed by atoms with van der Waals surface area (Å²) in [4.78, 5) is 12.5. The fraction of sp³-hybridized carbons (Fsp3) is 0.238. The first-order valence-corrected chi connectivity index (χ1v) is 9.21. The molecular formula is C21H22ClN3O2. The third-order valence-corrected chi connectivity index (χ3v) is 4.52. The number of carbonyl (C=O) groups is 1. The highest BCUT2D eigenvalue weighted by Crippen LogP contribution is 2.26. The van der Waals surface area contributed by atoms with Crippen LogP contribution in [0.5, 0.6) is 5.75 Å². The van der Waals surface area contributed by atoms with Gasteiger partial charge >= 0.3 is 0 Å². The standard InChI is InChI=1S/C21H22ClN3O2/c1-3-25-18(9-10-24-25)13-23-21(26)17-6-4-5-16(12-17)14-27-20-11-15(2)7-8-19(20)22/h4-12H,3,13-14H2,1-2H3,(H,23,26). The van der Waals surface area contributed by atoms with Crippen molar-refractivity contribution < 1.29 is 9.53 Å². The van der Waals surface area contributed by atoms with Gasteiger partial charge in [-0.1, -0.05) is 29.8 Å². The molecule has 0 saturated heterocycles. The fourth-order valence-electron chi connectivity index (χ4n) is 2.75. The number of amides is 1. The molecule has 0 aliphatic carbocycles. The van der Waals surface area contributed by atoms with Gasteiger partial charge in [-0.2, -0.15) is 5.10 Å². The van der Waals surface area contributed by atoms with E-state index in [-0.39, 0.29) is 5.91 Å². The van der Waals surface area contributed by atoms with Gasteiger partial charge in [0.2, 0.25) is 0 Å². The summed E-state index contributed by atoms with van der Waals surface area (Å²) >= 11 is 6.16. The minimum Gasteiger partial charge on any atom is -0.487 e. The molecule has 140 valence electrons. The first kappa shape index (κ1) is 19.0. The van der Waals surface area contributed by atoms with Crippen LogP contribution in [0, 0.1) is 6.92 Å². The summed E-state index contributed by atoms with van der Waals surface area (Å²) in [5.74, 6) is 0.508. The van der Waals surface area contributed by atoms with E-state index in [1.807, 2.05) is 61.0 Å². The fourth-order valence-corrected chi connectivity index (χ4v) is 2.92. The molecule has 0 spiro atoms. The zero-order chi connectivity index (χ0) is 19.2. The van der Waals surface area contributed by atoms with E-state index in [1.165, 1.54) is 0 Å². The van der Waals surface area contributed by atoms with Crippen LogP contribution in [0.1, 0.15) is 34.1 Å². The molecule has 5 nitrogen and oxygen atoms in total. The number of nitrogens with zero attached hydrogens (tertiary/aromatic N) is 2. The minimum absolute atomic E-state index is 0.130. The average molecular weight is 384 g/mol. The lowest BCUT2D eigenvalue weighted by molar-refractivity contribution is 0.0949. The number of benzene rings is 2. The van der Waals surface area contributed by atoms with Crippen LogP contribution in [0.2, 0.25) is 5.02 Å². The molecule has 6 heteroatoms. The molecule has 1 N–H and O–H groups in total. The predicted molar refractivity (Wildman–Crippen MR) is 106 cm³/mol. The number of hydrogen-bond donors (Lipinski definition) is 1. The average Bonchev–Trinajstić information content (AvgIpc) is 3.14. The van der Waals surface area contributed by atoms with Crippen molar-refractivity contribution in [3.63, 3.8) is 0 Å². The molecular weight excluding hydrogens is 362 g/mol. The first-order chi connectivity index (χ1) is 13.1. The predicted octanol–water partition coefficient (Wildman–Crippen LogP) is 4.37. The van der Waals surface area contributed by atoms with Gasteiger partial charge in [-0.05, 0) is 55.3 Å². The van der Waals surface area contributed by atoms with Crippen molar-refractivity contribution in [3.05, 3.63) is 82.1 Å². The van der Waals surface area contributed by atoms with E-state index >= 15 is 0 Å². The third-order valence-electron chi connectivity index (χ3n) is 4.20. The number of aryl methyl sites for hydroxylation is 2. The van der Waals surface area contributed by atoms with E-state index in [9.17, 15) is 4.79 Å². The van der Waals surface area contributed by atoms with Crippen molar-refractivity contribution in [2.75, 3.05) is 0 Å². The molecule has 3 aromatic rings. The van der Waals surface area contributed by atoms with Crippen molar-refractivity contribution in [1.82, 2.24) is 15.1 Å². The minimum atomic E-state index is -0.130. The number of aromatic nitrogens is 2. The normalized spacial score (nSPS) is 10.6. The number of rotatable bonds is 7. The van der Waals surface area contributed by atoms with Gasteiger partial charge in [-0.15, -0.1) is 0 Å². The van der Waals surface area contributed by atoms with E-state index in [4.69, 9.17) is 16.3 Å².